The maximum Gasteiger partial charge on any atom is 0.358 e. The first kappa shape index (κ1) is 46.9. The van der Waals surface area contributed by atoms with E-state index in [9.17, 15) is 24.3 Å². The van der Waals surface area contributed by atoms with Gasteiger partial charge in [0.15, 0.2) is 40.0 Å². The smallest absolute Gasteiger partial charge is 0.358 e. The van der Waals surface area contributed by atoms with Gasteiger partial charge >= 0.3 is 5.97 Å². The fraction of sp³-hybridized carbons (Fsp3) is 0.277. The van der Waals surface area contributed by atoms with E-state index in [1.54, 1.807) is 44.3 Å². The van der Waals surface area contributed by atoms with Crippen molar-refractivity contribution in [3.63, 3.8) is 0 Å². The van der Waals surface area contributed by atoms with E-state index < -0.39 is 5.97 Å². The minimum absolute atomic E-state index is 0.154. The van der Waals surface area contributed by atoms with Gasteiger partial charge in [0.25, 0.3) is 17.7 Å². The second-order valence-corrected chi connectivity index (χ2v) is 16.8. The van der Waals surface area contributed by atoms with Crippen LogP contribution in [0.5, 0.6) is 11.5 Å². The molecule has 366 valence electrons. The lowest BCUT2D eigenvalue weighted by Crippen LogP contribution is -2.27. The quantitative estimate of drug-likeness (QED) is 0.0589. The number of H-pyrrole nitrogens is 1. The zero-order chi connectivity index (χ0) is 49.8. The third-order valence-electron chi connectivity index (χ3n) is 11.6. The van der Waals surface area contributed by atoms with Gasteiger partial charge in [0.05, 0.1) is 62.1 Å². The van der Waals surface area contributed by atoms with E-state index in [1.807, 2.05) is 60.5 Å². The number of anilines is 6. The number of hydrogen-bond donors (Lipinski definition) is 8. The zero-order valence-electron chi connectivity index (χ0n) is 39.3. The number of nitrogens with zero attached hydrogens (tertiary/aromatic N) is 10. The highest BCUT2D eigenvalue weighted by atomic mass is 16.5. The van der Waals surface area contributed by atoms with Crippen LogP contribution in [0, 0.1) is 0 Å². The molecule has 2 aliphatic rings. The molecule has 0 aliphatic heterocycles. The summed E-state index contributed by atoms with van der Waals surface area (Å²) in [5.74, 6) is 0.245. The molecule has 6 heterocycles. The lowest BCUT2D eigenvalue weighted by atomic mass is 10.2. The third-order valence-corrected chi connectivity index (χ3v) is 11.6. The number of aromatic amines is 1. The molecule has 8 N–H and O–H groups in total. The Kier molecular flexibility index (Phi) is 13.3. The Labute approximate surface area is 405 Å². The van der Waals surface area contributed by atoms with Gasteiger partial charge in [-0.1, -0.05) is 24.3 Å². The lowest BCUT2D eigenvalue weighted by Gasteiger charge is -2.21. The number of hydrogen-bond acceptors (Lipinski definition) is 16. The largest absolute Gasteiger partial charge is 0.497 e. The predicted octanol–water partition coefficient (Wildman–Crippen LogP) is 4.45. The Morgan fingerprint density at radius 3 is 1.85 bits per heavy atom. The number of benzene rings is 2. The molecule has 2 aromatic carbocycles. The van der Waals surface area contributed by atoms with E-state index in [0.717, 1.165) is 48.3 Å². The Bertz CT molecular complexity index is 3240. The van der Waals surface area contributed by atoms with Gasteiger partial charge in [0.1, 0.15) is 17.2 Å². The zero-order valence-corrected chi connectivity index (χ0v) is 39.3. The molecule has 6 aromatic heterocycles. The molecule has 24 nitrogen and oxygen atoms in total. The molecular weight excluding hydrogens is 915 g/mol. The van der Waals surface area contributed by atoms with Crippen molar-refractivity contribution >= 4 is 69.4 Å². The van der Waals surface area contributed by atoms with E-state index in [1.165, 1.54) is 34.7 Å². The highest BCUT2D eigenvalue weighted by Gasteiger charge is 2.28. The summed E-state index contributed by atoms with van der Waals surface area (Å²) in [4.78, 5) is 60.5. The van der Waals surface area contributed by atoms with Gasteiger partial charge in [-0.15, -0.1) is 10.2 Å². The fourth-order valence-corrected chi connectivity index (χ4v) is 7.51. The first-order valence-corrected chi connectivity index (χ1v) is 22.6. The van der Waals surface area contributed by atoms with Crippen LogP contribution in [0.4, 0.5) is 34.4 Å². The number of carbonyl (C=O) groups excluding carboxylic acids is 3. The average Bonchev–Trinajstić information content (AvgIpc) is 4.14. The van der Waals surface area contributed by atoms with Crippen LogP contribution in [0.25, 0.3) is 11.3 Å². The number of aromatic nitrogens is 10. The highest BCUT2D eigenvalue weighted by Crippen LogP contribution is 2.30. The van der Waals surface area contributed by atoms with Crippen LogP contribution in [0.3, 0.4) is 0 Å². The lowest BCUT2D eigenvalue weighted by molar-refractivity contribution is 0.0689. The Hall–Kier alpha value is -9.22. The minimum Gasteiger partial charge on any atom is -0.497 e. The summed E-state index contributed by atoms with van der Waals surface area (Å²) in [6, 6.07) is 19.1. The summed E-state index contributed by atoms with van der Waals surface area (Å²) in [7, 11) is 8.42. The van der Waals surface area contributed by atoms with Crippen molar-refractivity contribution in [2.45, 2.75) is 50.9 Å². The molecule has 2 aliphatic carbocycles. The van der Waals surface area contributed by atoms with Crippen molar-refractivity contribution in [2.75, 3.05) is 56.2 Å². The van der Waals surface area contributed by atoms with E-state index in [4.69, 9.17) is 9.47 Å². The van der Waals surface area contributed by atoms with E-state index in [-0.39, 0.29) is 52.6 Å². The maximum absolute atomic E-state index is 13.1. The number of aromatic carboxylic acids is 1. The van der Waals surface area contributed by atoms with Crippen molar-refractivity contribution in [3.8, 4) is 11.5 Å². The second kappa shape index (κ2) is 20.2. The highest BCUT2D eigenvalue weighted by molar-refractivity contribution is 5.98. The molecule has 24 heteroatoms. The topological polar surface area (TPSA) is 289 Å². The molecule has 0 saturated heterocycles. The molecule has 0 atom stereocenters. The number of amides is 3. The van der Waals surface area contributed by atoms with Gasteiger partial charge in [-0.2, -0.15) is 10.2 Å². The van der Waals surface area contributed by atoms with Crippen LogP contribution in [0.1, 0.15) is 78.8 Å². The Morgan fingerprint density at radius 2 is 1.28 bits per heavy atom. The monoisotopic (exact) mass is 965 g/mol. The van der Waals surface area contributed by atoms with Crippen molar-refractivity contribution in [1.82, 2.24) is 65.1 Å². The van der Waals surface area contributed by atoms with Crippen LogP contribution in [-0.2, 0) is 13.1 Å². The normalized spacial score (nSPS) is 12.9. The van der Waals surface area contributed by atoms with Crippen molar-refractivity contribution < 1.29 is 33.8 Å². The molecule has 0 bridgehead atoms. The van der Waals surface area contributed by atoms with Crippen LogP contribution in [0.15, 0.2) is 85.5 Å². The van der Waals surface area contributed by atoms with Gasteiger partial charge < -0.3 is 51.4 Å². The molecule has 0 spiro atoms. The summed E-state index contributed by atoms with van der Waals surface area (Å²) in [5.41, 5.74) is 5.80. The molecule has 71 heavy (non-hydrogen) atoms. The molecule has 2 saturated carbocycles. The molecule has 0 radical (unpaired) electrons. The first-order valence-electron chi connectivity index (χ1n) is 22.6. The van der Waals surface area contributed by atoms with Crippen molar-refractivity contribution in [1.29, 1.82) is 0 Å². The number of methoxy groups -OCH3 is 2. The number of carboxylic acid groups (broad SMARTS) is 1. The predicted molar refractivity (Wildman–Crippen MR) is 261 cm³/mol. The number of carbonyl (C=O) groups is 4. The molecule has 3 amide bonds. The minimum atomic E-state index is -1.19. The van der Waals surface area contributed by atoms with Gasteiger partial charge in [-0.3, -0.25) is 24.2 Å². The van der Waals surface area contributed by atoms with Crippen molar-refractivity contribution in [2.24, 2.45) is 0 Å². The van der Waals surface area contributed by atoms with Gasteiger partial charge in [-0.25, -0.2) is 23.8 Å². The fourth-order valence-electron chi connectivity index (χ4n) is 7.51. The summed E-state index contributed by atoms with van der Waals surface area (Å²) in [6.07, 6.45) is 9.98. The van der Waals surface area contributed by atoms with E-state index in [2.05, 4.69) is 67.4 Å². The van der Waals surface area contributed by atoms with Crippen LogP contribution < -0.4 is 46.3 Å². The first-order chi connectivity index (χ1) is 34.4. The SMILES string of the molecule is CNC(=O)c1[nH]ncc1Nc1cc(NC)c2ncc(C(=O)NC3CC3)n2n1.COc1ccc(CN(C)c2cc(Nc3cn(Cc4ccc(OC)cc4)nc3C(=O)O)nn3c(C(=O)NC4CC4)cnc23)cc1. The molecular formula is C47H51N17O7. The molecule has 10 rings (SSSR count). The van der Waals surface area contributed by atoms with Gasteiger partial charge in [0, 0.05) is 58.1 Å². The van der Waals surface area contributed by atoms with Crippen LogP contribution in [0.2, 0.25) is 0 Å². The summed E-state index contributed by atoms with van der Waals surface area (Å²) >= 11 is 0. The van der Waals surface area contributed by atoms with Gasteiger partial charge in [0.2, 0.25) is 0 Å². The summed E-state index contributed by atoms with van der Waals surface area (Å²) in [6.45, 7) is 0.876. The summed E-state index contributed by atoms with van der Waals surface area (Å²) in [5, 5.41) is 47.6. The number of imidazole rings is 2. The van der Waals surface area contributed by atoms with E-state index >= 15 is 0 Å². The van der Waals surface area contributed by atoms with Gasteiger partial charge in [-0.05, 0) is 61.1 Å². The van der Waals surface area contributed by atoms with Crippen LogP contribution >= 0.6 is 0 Å². The number of ether oxygens (including phenoxy) is 2. The number of fused-ring (bicyclic) bond motifs is 2. The van der Waals surface area contributed by atoms with Crippen molar-refractivity contribution in [3.05, 3.63) is 119 Å². The molecule has 0 unspecified atom stereocenters. The molecule has 8 aromatic rings. The second-order valence-electron chi connectivity index (χ2n) is 16.8. The number of carboxylic acids is 1. The summed E-state index contributed by atoms with van der Waals surface area (Å²) < 4.78 is 15.0. The average molecular weight is 966 g/mol. The molecule has 2 fully saturated rings. The number of nitrogens with one attached hydrogen (secondary N) is 7. The van der Waals surface area contributed by atoms with Crippen LogP contribution in [-0.4, -0.2) is 125 Å². The Balaban J connectivity index is 0.000000197. The standard InChI is InChI=1S/C31H32N8O5.C16H19N9O2/c1-37(16-19-4-10-22(43-2)11-5-19)25-14-27(35-39-26(15-32-29(25)39)30(40)33-21-8-9-21)34-24-18-38(36-28(24)31(41)42)17-20-6-12-23(44-3)13-7-20;1-17-9-5-12(22-10-6-20-23-13(10)16(27)18-2)24-25-11(7-19-14(9)25)15(26)21-8-3-4-8/h4-7,10-15,18,21H,8-9,16-17H2,1-3H3,(H,33,40)(H,34,35)(H,41,42);5-8,17H,3-4H2,1-2H3,(H,18,27)(H,20,23)(H,21,26)(H,22,24). The Morgan fingerprint density at radius 1 is 0.718 bits per heavy atom. The third kappa shape index (κ3) is 10.6. The van der Waals surface area contributed by atoms with E-state index in [0.29, 0.717) is 58.8 Å². The maximum atomic E-state index is 13.1. The number of rotatable bonds is 18.